The minimum atomic E-state index is -0.655. The molecule has 9 nitrogen and oxygen atoms in total. The average molecular weight is 413 g/mol. The number of hydrogen-bond acceptors (Lipinski definition) is 8. The molecule has 4 rings (SSSR count). The Morgan fingerprint density at radius 2 is 2.03 bits per heavy atom. The number of carbonyl (C=O) groups is 2. The van der Waals surface area contributed by atoms with E-state index < -0.39 is 12.0 Å². The minimum Gasteiger partial charge on any atom is -0.467 e. The fourth-order valence-corrected chi connectivity index (χ4v) is 4.03. The van der Waals surface area contributed by atoms with Crippen LogP contribution in [0.4, 0.5) is 0 Å². The van der Waals surface area contributed by atoms with Crippen molar-refractivity contribution in [1.29, 1.82) is 0 Å². The normalized spacial score (nSPS) is 15.8. The summed E-state index contributed by atoms with van der Waals surface area (Å²) in [4.78, 5) is 26.8. The zero-order chi connectivity index (χ0) is 20.4. The van der Waals surface area contributed by atoms with Crippen molar-refractivity contribution in [2.45, 2.75) is 24.2 Å². The Bertz CT molecular complexity index is 1030. The summed E-state index contributed by atoms with van der Waals surface area (Å²) < 4.78 is 11.5. The molecule has 0 radical (unpaired) electrons. The van der Waals surface area contributed by atoms with Crippen molar-refractivity contribution in [2.75, 3.05) is 18.7 Å². The zero-order valence-corrected chi connectivity index (χ0v) is 16.5. The quantitative estimate of drug-likeness (QED) is 0.380. The predicted molar refractivity (Wildman–Crippen MR) is 105 cm³/mol. The molecule has 0 saturated heterocycles. The fraction of sp³-hybridized carbons (Fsp3) is 0.263. The van der Waals surface area contributed by atoms with Gasteiger partial charge in [-0.3, -0.25) is 4.79 Å². The van der Waals surface area contributed by atoms with Crippen LogP contribution >= 0.6 is 11.8 Å². The molecule has 1 aliphatic heterocycles. The van der Waals surface area contributed by atoms with Crippen molar-refractivity contribution in [3.05, 3.63) is 53.8 Å². The first-order valence-electron chi connectivity index (χ1n) is 8.89. The summed E-state index contributed by atoms with van der Waals surface area (Å²) >= 11 is 1.15. The molecule has 0 aliphatic carbocycles. The van der Waals surface area contributed by atoms with Crippen molar-refractivity contribution in [1.82, 2.24) is 19.8 Å². The summed E-state index contributed by atoms with van der Waals surface area (Å²) in [6.07, 6.45) is 1.94. The molecule has 1 amide bonds. The van der Waals surface area contributed by atoms with Gasteiger partial charge >= 0.3 is 5.97 Å². The molecule has 1 aliphatic rings. The number of nitrogen functional groups attached to an aromatic ring is 1. The van der Waals surface area contributed by atoms with E-state index in [0.29, 0.717) is 29.7 Å². The maximum atomic E-state index is 12.9. The highest BCUT2D eigenvalue weighted by Crippen LogP contribution is 2.26. The van der Waals surface area contributed by atoms with Gasteiger partial charge in [-0.2, -0.15) is 0 Å². The van der Waals surface area contributed by atoms with Gasteiger partial charge in [0.1, 0.15) is 6.04 Å². The third kappa shape index (κ3) is 3.70. The first kappa shape index (κ1) is 19.1. The van der Waals surface area contributed by atoms with E-state index in [9.17, 15) is 9.59 Å². The third-order valence-electron chi connectivity index (χ3n) is 4.77. The monoisotopic (exact) mass is 413 g/mol. The van der Waals surface area contributed by atoms with E-state index in [-0.39, 0.29) is 11.7 Å². The number of nitrogens with two attached hydrogens (primary N) is 1. The van der Waals surface area contributed by atoms with Crippen LogP contribution in [0.2, 0.25) is 0 Å². The number of carbonyl (C=O) groups excluding carboxylic acids is 2. The van der Waals surface area contributed by atoms with Gasteiger partial charge in [-0.25, -0.2) is 9.47 Å². The lowest BCUT2D eigenvalue weighted by Crippen LogP contribution is -2.49. The minimum absolute atomic E-state index is 0.0587. The Balaban J connectivity index is 1.49. The number of nitrogens with zero attached hydrogens (tertiary/aromatic N) is 4. The highest BCUT2D eigenvalue weighted by atomic mass is 32.2. The lowest BCUT2D eigenvalue weighted by atomic mass is 9.94. The topological polar surface area (TPSA) is 116 Å². The number of thioether (sulfide) groups is 1. The number of esters is 1. The van der Waals surface area contributed by atoms with E-state index in [1.807, 2.05) is 24.3 Å². The van der Waals surface area contributed by atoms with E-state index in [1.54, 1.807) is 17.0 Å². The standard InChI is InChI=1S/C19H19N5O4S/c1-27-18(26)14-9-12-5-2-3-6-13(12)10-23(14)16(25)11-29-19-22-21-17(24(19)20)15-7-4-8-28-15/h2-8,14H,9-11,20H2,1H3/t14-/m0/s1. The Hall–Kier alpha value is -3.27. The third-order valence-corrected chi connectivity index (χ3v) is 5.70. The summed E-state index contributed by atoms with van der Waals surface area (Å²) in [5, 5.41) is 8.40. The van der Waals surface area contributed by atoms with Gasteiger partial charge in [0.25, 0.3) is 0 Å². The Labute approximate surface area is 170 Å². The van der Waals surface area contributed by atoms with Crippen LogP contribution in [0.3, 0.4) is 0 Å². The van der Waals surface area contributed by atoms with Crippen LogP contribution in [0.25, 0.3) is 11.6 Å². The molecular formula is C19H19N5O4S. The number of aromatic nitrogens is 3. The molecule has 1 aromatic carbocycles. The van der Waals surface area contributed by atoms with E-state index in [1.165, 1.54) is 18.0 Å². The summed E-state index contributed by atoms with van der Waals surface area (Å²) in [6.45, 7) is 0.349. The molecule has 0 bridgehead atoms. The first-order chi connectivity index (χ1) is 14.1. The molecule has 2 N–H and O–H groups in total. The van der Waals surface area contributed by atoms with Crippen molar-refractivity contribution in [3.8, 4) is 11.6 Å². The molecule has 2 aromatic heterocycles. The highest BCUT2D eigenvalue weighted by Gasteiger charge is 2.35. The maximum absolute atomic E-state index is 12.9. The van der Waals surface area contributed by atoms with Crippen LogP contribution in [0.5, 0.6) is 0 Å². The van der Waals surface area contributed by atoms with Crippen LogP contribution in [0.15, 0.2) is 52.2 Å². The molecule has 10 heteroatoms. The van der Waals surface area contributed by atoms with Gasteiger partial charge in [-0.05, 0) is 23.3 Å². The number of rotatable bonds is 5. The number of hydrogen-bond donors (Lipinski definition) is 1. The van der Waals surface area contributed by atoms with E-state index in [0.717, 1.165) is 22.9 Å². The van der Waals surface area contributed by atoms with Gasteiger partial charge in [0.15, 0.2) is 5.76 Å². The Morgan fingerprint density at radius 3 is 2.76 bits per heavy atom. The van der Waals surface area contributed by atoms with Crippen LogP contribution in [-0.4, -0.2) is 50.6 Å². The van der Waals surface area contributed by atoms with Gasteiger partial charge in [0, 0.05) is 13.0 Å². The van der Waals surface area contributed by atoms with Gasteiger partial charge in [-0.15, -0.1) is 10.2 Å². The molecule has 29 heavy (non-hydrogen) atoms. The van der Waals surface area contributed by atoms with Crippen molar-refractivity contribution in [3.63, 3.8) is 0 Å². The smallest absolute Gasteiger partial charge is 0.328 e. The van der Waals surface area contributed by atoms with Crippen molar-refractivity contribution >= 4 is 23.6 Å². The Morgan fingerprint density at radius 1 is 1.24 bits per heavy atom. The van der Waals surface area contributed by atoms with Gasteiger partial charge in [0.05, 0.1) is 19.1 Å². The SMILES string of the molecule is COC(=O)[C@@H]1Cc2ccccc2CN1C(=O)CSc1nnc(-c2ccco2)n1N. The van der Waals surface area contributed by atoms with Crippen molar-refractivity contribution < 1.29 is 18.7 Å². The largest absolute Gasteiger partial charge is 0.467 e. The Kier molecular flexibility index (Phi) is 5.26. The molecule has 1 atom stereocenters. The molecule has 0 saturated carbocycles. The zero-order valence-electron chi connectivity index (χ0n) is 15.6. The molecule has 0 fully saturated rings. The number of benzene rings is 1. The van der Waals surface area contributed by atoms with E-state index in [4.69, 9.17) is 15.0 Å². The van der Waals surface area contributed by atoms with Crippen LogP contribution in [0, 0.1) is 0 Å². The highest BCUT2D eigenvalue weighted by molar-refractivity contribution is 7.99. The molecule has 3 aromatic rings. The molecule has 0 spiro atoms. The lowest BCUT2D eigenvalue weighted by Gasteiger charge is -2.35. The van der Waals surface area contributed by atoms with Crippen LogP contribution < -0.4 is 5.84 Å². The number of fused-ring (bicyclic) bond motifs is 1. The number of furan rings is 1. The summed E-state index contributed by atoms with van der Waals surface area (Å²) in [6, 6.07) is 10.6. The second kappa shape index (κ2) is 8.00. The number of amides is 1. The maximum Gasteiger partial charge on any atom is 0.328 e. The summed E-state index contributed by atoms with van der Waals surface area (Å²) in [5.41, 5.74) is 2.07. The van der Waals surface area contributed by atoms with E-state index >= 15 is 0 Å². The lowest BCUT2D eigenvalue weighted by molar-refractivity contribution is -0.153. The van der Waals surface area contributed by atoms with Crippen LogP contribution in [0.1, 0.15) is 11.1 Å². The molecular weight excluding hydrogens is 394 g/mol. The first-order valence-corrected chi connectivity index (χ1v) is 9.88. The number of methoxy groups -OCH3 is 1. The number of ether oxygens (including phenoxy) is 1. The van der Waals surface area contributed by atoms with Gasteiger partial charge in [0.2, 0.25) is 16.9 Å². The molecule has 150 valence electrons. The second-order valence-electron chi connectivity index (χ2n) is 6.48. The summed E-state index contributed by atoms with van der Waals surface area (Å²) in [5.74, 6) is 6.30. The van der Waals surface area contributed by atoms with Crippen LogP contribution in [-0.2, 0) is 27.3 Å². The second-order valence-corrected chi connectivity index (χ2v) is 7.42. The fourth-order valence-electron chi connectivity index (χ4n) is 3.29. The van der Waals surface area contributed by atoms with E-state index in [2.05, 4.69) is 10.2 Å². The molecule has 3 heterocycles. The van der Waals surface area contributed by atoms with Gasteiger partial charge < -0.3 is 19.9 Å². The van der Waals surface area contributed by atoms with Gasteiger partial charge in [-0.1, -0.05) is 36.0 Å². The summed E-state index contributed by atoms with van der Waals surface area (Å²) in [7, 11) is 1.33. The van der Waals surface area contributed by atoms with Crippen molar-refractivity contribution in [2.24, 2.45) is 0 Å². The average Bonchev–Trinajstić information content (AvgIpc) is 3.40. The predicted octanol–water partition coefficient (Wildman–Crippen LogP) is 1.47. The molecule has 0 unspecified atom stereocenters.